The van der Waals surface area contributed by atoms with Crippen LogP contribution in [0.25, 0.3) is 21.6 Å². The van der Waals surface area contributed by atoms with E-state index in [0.29, 0.717) is 23.5 Å². The van der Waals surface area contributed by atoms with Crippen LogP contribution in [0.3, 0.4) is 0 Å². The van der Waals surface area contributed by atoms with Crippen LogP contribution in [0.2, 0.25) is 0 Å². The summed E-state index contributed by atoms with van der Waals surface area (Å²) in [5, 5.41) is 13.1. The van der Waals surface area contributed by atoms with Gasteiger partial charge in [-0.2, -0.15) is 9.97 Å². The largest absolute Gasteiger partial charge is 0.473 e. The van der Waals surface area contributed by atoms with Gasteiger partial charge in [0.25, 0.3) is 0 Å². The summed E-state index contributed by atoms with van der Waals surface area (Å²) in [5.41, 5.74) is 15.3. The summed E-state index contributed by atoms with van der Waals surface area (Å²) in [6, 6.07) is -0.466. The van der Waals surface area contributed by atoms with Crippen molar-refractivity contribution in [1.82, 2.24) is 19.5 Å². The quantitative estimate of drug-likeness (QED) is 0.471. The number of azide groups is 1. The molecular formula is C13H18N8O3. The van der Waals surface area contributed by atoms with Gasteiger partial charge in [0.1, 0.15) is 6.23 Å². The van der Waals surface area contributed by atoms with E-state index in [0.717, 1.165) is 0 Å². The van der Waals surface area contributed by atoms with E-state index in [1.807, 2.05) is 13.8 Å². The topological polar surface area (TPSA) is 157 Å². The van der Waals surface area contributed by atoms with Crippen LogP contribution in [-0.4, -0.2) is 49.5 Å². The lowest BCUT2D eigenvalue weighted by molar-refractivity contribution is -0.0232. The molecule has 128 valence electrons. The second kappa shape index (κ2) is 6.48. The third-order valence-electron chi connectivity index (χ3n) is 3.66. The molecule has 0 saturated carbocycles. The summed E-state index contributed by atoms with van der Waals surface area (Å²) in [7, 11) is 0. The van der Waals surface area contributed by atoms with Crippen LogP contribution < -0.4 is 10.5 Å². The third-order valence-corrected chi connectivity index (χ3v) is 3.66. The summed E-state index contributed by atoms with van der Waals surface area (Å²) in [5.74, 6) is 0.373. The number of nitrogens with zero attached hydrogens (tertiary/aromatic N) is 7. The average molecular weight is 334 g/mol. The van der Waals surface area contributed by atoms with Crippen molar-refractivity contribution in [3.05, 3.63) is 16.8 Å². The summed E-state index contributed by atoms with van der Waals surface area (Å²) in [6.07, 6.45) is 0.767. The van der Waals surface area contributed by atoms with E-state index in [-0.39, 0.29) is 18.7 Å². The molecule has 3 N–H and O–H groups in total. The first-order valence-corrected chi connectivity index (χ1v) is 7.50. The molecule has 11 heteroatoms. The highest BCUT2D eigenvalue weighted by molar-refractivity contribution is 5.77. The monoisotopic (exact) mass is 334 g/mol. The molecule has 1 saturated heterocycles. The van der Waals surface area contributed by atoms with Crippen molar-refractivity contribution in [2.24, 2.45) is 5.11 Å². The van der Waals surface area contributed by atoms with Crippen molar-refractivity contribution < 1.29 is 14.6 Å². The number of fused-ring (bicyclic) bond motifs is 1. The van der Waals surface area contributed by atoms with Crippen LogP contribution in [0.4, 0.5) is 5.95 Å². The van der Waals surface area contributed by atoms with Crippen molar-refractivity contribution in [3.63, 3.8) is 0 Å². The number of hydrogen-bond donors (Lipinski definition) is 2. The Morgan fingerprint density at radius 2 is 2.38 bits per heavy atom. The van der Waals surface area contributed by atoms with E-state index in [4.69, 9.17) is 20.7 Å². The van der Waals surface area contributed by atoms with Gasteiger partial charge in [-0.25, -0.2) is 4.98 Å². The lowest BCUT2D eigenvalue weighted by Gasteiger charge is -2.16. The van der Waals surface area contributed by atoms with Gasteiger partial charge in [0.15, 0.2) is 11.2 Å². The van der Waals surface area contributed by atoms with Crippen LogP contribution in [0.1, 0.15) is 26.5 Å². The van der Waals surface area contributed by atoms with Gasteiger partial charge >= 0.3 is 0 Å². The summed E-state index contributed by atoms with van der Waals surface area (Å²) in [4.78, 5) is 15.3. The van der Waals surface area contributed by atoms with Crippen LogP contribution in [0, 0.1) is 0 Å². The lowest BCUT2D eigenvalue weighted by atomic mass is 10.1. The van der Waals surface area contributed by atoms with Crippen LogP contribution in [0.15, 0.2) is 11.4 Å². The van der Waals surface area contributed by atoms with Crippen LogP contribution in [-0.2, 0) is 4.74 Å². The van der Waals surface area contributed by atoms with Gasteiger partial charge in [-0.15, -0.1) is 0 Å². The first kappa shape index (κ1) is 16.2. The molecule has 3 heterocycles. The molecule has 2 aromatic rings. The molecule has 11 nitrogen and oxygen atoms in total. The van der Waals surface area contributed by atoms with Gasteiger partial charge in [-0.05, 0) is 19.4 Å². The van der Waals surface area contributed by atoms with Crippen LogP contribution in [0.5, 0.6) is 5.88 Å². The molecule has 0 spiro atoms. The van der Waals surface area contributed by atoms with E-state index in [1.54, 1.807) is 10.9 Å². The molecule has 1 aliphatic rings. The molecule has 0 amide bonds. The molecule has 0 radical (unpaired) electrons. The molecule has 3 rings (SSSR count). The van der Waals surface area contributed by atoms with E-state index in [1.165, 1.54) is 0 Å². The number of rotatable bonds is 5. The average Bonchev–Trinajstić information content (AvgIpc) is 3.10. The molecule has 0 aromatic carbocycles. The maximum atomic E-state index is 9.40. The second-order valence-electron chi connectivity index (χ2n) is 5.70. The number of nitrogen functional groups attached to an aromatic ring is 1. The number of ether oxygens (including phenoxy) is 2. The number of aromatic nitrogens is 4. The Bertz CT molecular complexity index is 785. The minimum Gasteiger partial charge on any atom is -0.473 e. The highest BCUT2D eigenvalue weighted by Crippen LogP contribution is 2.35. The van der Waals surface area contributed by atoms with E-state index in [2.05, 4.69) is 25.0 Å². The van der Waals surface area contributed by atoms with Gasteiger partial charge in [-0.3, -0.25) is 4.57 Å². The van der Waals surface area contributed by atoms with Crippen molar-refractivity contribution in [1.29, 1.82) is 0 Å². The molecular weight excluding hydrogens is 316 g/mol. The Kier molecular flexibility index (Phi) is 4.38. The Balaban J connectivity index is 2.02. The second-order valence-corrected chi connectivity index (χ2v) is 5.70. The minimum atomic E-state index is -0.576. The van der Waals surface area contributed by atoms with E-state index >= 15 is 0 Å². The van der Waals surface area contributed by atoms with E-state index in [9.17, 15) is 5.11 Å². The van der Waals surface area contributed by atoms with Crippen molar-refractivity contribution in [2.45, 2.75) is 44.7 Å². The molecule has 3 atom stereocenters. The predicted octanol–water partition coefficient (Wildman–Crippen LogP) is 1.15. The summed E-state index contributed by atoms with van der Waals surface area (Å²) < 4.78 is 13.2. The fourth-order valence-electron chi connectivity index (χ4n) is 2.69. The number of hydrogen-bond acceptors (Lipinski definition) is 8. The molecule has 1 fully saturated rings. The highest BCUT2D eigenvalue weighted by atomic mass is 16.5. The zero-order chi connectivity index (χ0) is 17.3. The number of imidazole rings is 1. The maximum absolute atomic E-state index is 9.40. The Hall–Kier alpha value is -2.62. The Morgan fingerprint density at radius 3 is 3.04 bits per heavy atom. The molecule has 0 unspecified atom stereocenters. The highest BCUT2D eigenvalue weighted by Gasteiger charge is 2.36. The molecule has 0 aliphatic carbocycles. The molecule has 1 aliphatic heterocycles. The van der Waals surface area contributed by atoms with Crippen molar-refractivity contribution in [2.75, 3.05) is 12.3 Å². The summed E-state index contributed by atoms with van der Waals surface area (Å²) >= 11 is 0. The minimum absolute atomic E-state index is 0.0657. The Morgan fingerprint density at radius 1 is 1.58 bits per heavy atom. The number of nitrogens with two attached hydrogens (primary N) is 1. The van der Waals surface area contributed by atoms with Gasteiger partial charge in [0.05, 0.1) is 31.2 Å². The zero-order valence-corrected chi connectivity index (χ0v) is 13.3. The van der Waals surface area contributed by atoms with Gasteiger partial charge in [0.2, 0.25) is 11.8 Å². The normalized spacial score (nSPS) is 23.6. The third kappa shape index (κ3) is 2.92. The zero-order valence-electron chi connectivity index (χ0n) is 13.3. The van der Waals surface area contributed by atoms with Gasteiger partial charge < -0.3 is 20.3 Å². The number of anilines is 1. The van der Waals surface area contributed by atoms with Crippen molar-refractivity contribution >= 4 is 17.1 Å². The maximum Gasteiger partial charge on any atom is 0.245 e. The number of aliphatic hydroxyl groups excluding tert-OH is 1. The van der Waals surface area contributed by atoms with Crippen LogP contribution >= 0.6 is 0 Å². The fraction of sp³-hybridized carbons (Fsp3) is 0.615. The number of aliphatic hydroxyl groups is 1. The van der Waals surface area contributed by atoms with Gasteiger partial charge in [-0.1, -0.05) is 5.11 Å². The lowest BCUT2D eigenvalue weighted by Crippen LogP contribution is -2.22. The Labute approximate surface area is 137 Å². The van der Waals surface area contributed by atoms with Crippen molar-refractivity contribution in [3.8, 4) is 5.88 Å². The van der Waals surface area contributed by atoms with E-state index < -0.39 is 18.4 Å². The summed E-state index contributed by atoms with van der Waals surface area (Å²) in [6.45, 7) is 3.50. The predicted molar refractivity (Wildman–Crippen MR) is 84.0 cm³/mol. The SMILES string of the molecule is CC(C)Oc1nc(N)nc2ncn([C@H]3C[C@H](N=[N+]=[N-])[C@@H](CO)O3)c12. The molecule has 24 heavy (non-hydrogen) atoms. The molecule has 2 aromatic heterocycles. The smallest absolute Gasteiger partial charge is 0.245 e. The standard InChI is InChI=1S/C13H18N8O3/c1-6(2)23-12-10-11(17-13(14)18-12)16-5-21(10)9-3-7(19-20-15)8(4-22)24-9/h5-9,22H,3-4H2,1-2H3,(H2,14,17,18)/t7-,8+,9+/m0/s1. The first-order valence-electron chi connectivity index (χ1n) is 7.50. The fourth-order valence-corrected chi connectivity index (χ4v) is 2.69. The first-order chi connectivity index (χ1) is 11.5. The van der Waals surface area contributed by atoms with Gasteiger partial charge in [0, 0.05) is 11.3 Å². The molecule has 0 bridgehead atoms.